The molecule has 0 bridgehead atoms. The van der Waals surface area contributed by atoms with E-state index in [-0.39, 0.29) is 11.1 Å². The summed E-state index contributed by atoms with van der Waals surface area (Å²) in [4.78, 5) is 37.9. The van der Waals surface area contributed by atoms with Gasteiger partial charge >= 0.3 is 0 Å². The van der Waals surface area contributed by atoms with Crippen molar-refractivity contribution in [2.75, 3.05) is 0 Å². The molecule has 0 unspecified atom stereocenters. The quantitative estimate of drug-likeness (QED) is 0.624. The van der Waals surface area contributed by atoms with Gasteiger partial charge in [0.05, 0.1) is 11.1 Å². The van der Waals surface area contributed by atoms with Gasteiger partial charge in [-0.15, -0.1) is 0 Å². The summed E-state index contributed by atoms with van der Waals surface area (Å²) in [6, 6.07) is 15.1. The first kappa shape index (κ1) is 14.7. The van der Waals surface area contributed by atoms with Gasteiger partial charge in [-0.25, -0.2) is 0 Å². The Morgan fingerprint density at radius 1 is 0.909 bits per heavy atom. The van der Waals surface area contributed by atoms with Gasteiger partial charge in [0.15, 0.2) is 0 Å². The van der Waals surface area contributed by atoms with Gasteiger partial charge in [-0.2, -0.15) is 0 Å². The zero-order valence-electron chi connectivity index (χ0n) is 11.5. The van der Waals surface area contributed by atoms with E-state index in [4.69, 9.17) is 0 Å². The molecule has 4 nitrogen and oxygen atoms in total. The van der Waals surface area contributed by atoms with Crippen LogP contribution in [-0.2, 0) is 11.2 Å². The average Bonchev–Trinajstić information content (AvgIpc) is 2.78. The Bertz CT molecular complexity index is 723. The van der Waals surface area contributed by atoms with Crippen LogP contribution in [0.2, 0.25) is 0 Å². The molecule has 1 atom stereocenters. The van der Waals surface area contributed by atoms with Crippen LogP contribution in [0.3, 0.4) is 0 Å². The monoisotopic (exact) mass is 357 g/mol. The number of imide groups is 1. The molecule has 0 spiro atoms. The number of nitrogens with zero attached hydrogens (tertiary/aromatic N) is 1. The molecule has 1 aliphatic rings. The molecule has 2 aromatic rings. The van der Waals surface area contributed by atoms with Crippen molar-refractivity contribution in [1.29, 1.82) is 0 Å². The summed E-state index contributed by atoms with van der Waals surface area (Å²) in [5.74, 6) is -0.844. The van der Waals surface area contributed by atoms with Gasteiger partial charge in [0.25, 0.3) is 11.8 Å². The van der Waals surface area contributed by atoms with E-state index >= 15 is 0 Å². The molecule has 1 heterocycles. The Kier molecular flexibility index (Phi) is 3.90. The van der Waals surface area contributed by atoms with Crippen LogP contribution in [0.1, 0.15) is 26.3 Å². The maximum atomic E-state index is 12.5. The molecule has 5 heteroatoms. The average molecular weight is 358 g/mol. The third kappa shape index (κ3) is 2.48. The Balaban J connectivity index is 1.95. The lowest BCUT2D eigenvalue weighted by Crippen LogP contribution is -2.44. The van der Waals surface area contributed by atoms with Crippen LogP contribution in [0.25, 0.3) is 0 Å². The maximum Gasteiger partial charge on any atom is 0.262 e. The van der Waals surface area contributed by atoms with E-state index < -0.39 is 17.9 Å². The molecule has 0 aliphatic carbocycles. The normalized spacial score (nSPS) is 14.9. The molecule has 0 saturated heterocycles. The van der Waals surface area contributed by atoms with Crippen LogP contribution in [0.4, 0.5) is 0 Å². The van der Waals surface area contributed by atoms with Crippen LogP contribution in [0, 0.1) is 0 Å². The number of carbonyl (C=O) groups is 3. The zero-order chi connectivity index (χ0) is 15.7. The van der Waals surface area contributed by atoms with E-state index in [2.05, 4.69) is 15.9 Å². The molecule has 1 aliphatic heterocycles. The van der Waals surface area contributed by atoms with Crippen molar-refractivity contribution in [3.63, 3.8) is 0 Å². The molecule has 3 rings (SSSR count). The fourth-order valence-electron chi connectivity index (χ4n) is 2.60. The van der Waals surface area contributed by atoms with Gasteiger partial charge in [-0.05, 0) is 33.6 Å². The summed E-state index contributed by atoms with van der Waals surface area (Å²) in [5, 5.41) is 0. The number of fused-ring (bicyclic) bond motifs is 1. The second kappa shape index (κ2) is 5.85. The second-order valence-electron chi connectivity index (χ2n) is 5.04. The highest BCUT2D eigenvalue weighted by Crippen LogP contribution is 2.27. The second-order valence-corrected chi connectivity index (χ2v) is 5.82. The highest BCUT2D eigenvalue weighted by molar-refractivity contribution is 9.18. The molecule has 0 saturated carbocycles. The van der Waals surface area contributed by atoms with E-state index in [9.17, 15) is 14.4 Å². The Hall–Kier alpha value is -2.27. The zero-order valence-corrected chi connectivity index (χ0v) is 13.1. The smallest absolute Gasteiger partial charge is 0.262 e. The van der Waals surface area contributed by atoms with Crippen LogP contribution >= 0.6 is 15.9 Å². The fraction of sp³-hybridized carbons (Fsp3) is 0.118. The van der Waals surface area contributed by atoms with Gasteiger partial charge in [-0.3, -0.25) is 19.3 Å². The van der Waals surface area contributed by atoms with E-state index in [0.717, 1.165) is 10.5 Å². The summed E-state index contributed by atoms with van der Waals surface area (Å²) in [7, 11) is 0. The van der Waals surface area contributed by atoms with Crippen LogP contribution in [0.5, 0.6) is 0 Å². The molecule has 0 aromatic heterocycles. The summed E-state index contributed by atoms with van der Waals surface area (Å²) >= 11 is 2.92. The molecule has 22 heavy (non-hydrogen) atoms. The van der Waals surface area contributed by atoms with Crippen molar-refractivity contribution in [2.24, 2.45) is 0 Å². The van der Waals surface area contributed by atoms with E-state index in [1.807, 2.05) is 30.3 Å². The number of carbonyl (C=O) groups excluding carboxylic acids is 3. The number of benzene rings is 2. The molecule has 110 valence electrons. The first-order valence-electron chi connectivity index (χ1n) is 6.80. The molecule has 0 radical (unpaired) electrons. The van der Waals surface area contributed by atoms with Crippen LogP contribution < -0.4 is 0 Å². The topological polar surface area (TPSA) is 54.5 Å². The highest BCUT2D eigenvalue weighted by Gasteiger charge is 2.41. The van der Waals surface area contributed by atoms with E-state index in [1.165, 1.54) is 0 Å². The van der Waals surface area contributed by atoms with E-state index in [0.29, 0.717) is 11.1 Å². The lowest BCUT2D eigenvalue weighted by atomic mass is 10.1. The van der Waals surface area contributed by atoms with E-state index in [1.54, 1.807) is 24.3 Å². The minimum absolute atomic E-state index is 0.288. The van der Waals surface area contributed by atoms with Gasteiger partial charge in [0, 0.05) is 6.42 Å². The SMILES string of the molecule is O=C(Br)[C@@H](Cc1ccccc1)N1C(=O)c2ccccc2C1=O. The third-order valence-corrected chi connectivity index (χ3v) is 4.20. The predicted molar refractivity (Wildman–Crippen MR) is 84.8 cm³/mol. The maximum absolute atomic E-state index is 12.5. The highest BCUT2D eigenvalue weighted by atomic mass is 79.9. The number of amides is 2. The predicted octanol–water partition coefficient (Wildman–Crippen LogP) is 2.82. The summed E-state index contributed by atoms with van der Waals surface area (Å²) in [5.41, 5.74) is 1.58. The van der Waals surface area contributed by atoms with Crippen molar-refractivity contribution in [3.8, 4) is 0 Å². The van der Waals surface area contributed by atoms with Crippen LogP contribution in [-0.4, -0.2) is 27.4 Å². The standard InChI is InChI=1S/C17H12BrNO3/c18-15(20)14(10-11-6-2-1-3-7-11)19-16(21)12-8-4-5-9-13(12)17(19)22/h1-9,14H,10H2/t14-/m1/s1. The summed E-state index contributed by atoms with van der Waals surface area (Å²) in [6.45, 7) is 0. The minimum Gasteiger partial charge on any atom is -0.284 e. The number of halogens is 1. The number of hydrogen-bond donors (Lipinski definition) is 0. The molecule has 0 N–H and O–H groups in total. The van der Waals surface area contributed by atoms with Crippen LogP contribution in [0.15, 0.2) is 54.6 Å². The Morgan fingerprint density at radius 3 is 1.91 bits per heavy atom. The summed E-state index contributed by atoms with van der Waals surface area (Å²) < 4.78 is -0.383. The Morgan fingerprint density at radius 2 is 1.41 bits per heavy atom. The minimum atomic E-state index is -0.852. The summed E-state index contributed by atoms with van der Waals surface area (Å²) in [6.07, 6.45) is 0.288. The lowest BCUT2D eigenvalue weighted by molar-refractivity contribution is -0.113. The first-order valence-corrected chi connectivity index (χ1v) is 7.59. The van der Waals surface area contributed by atoms with Gasteiger partial charge in [0.1, 0.15) is 6.04 Å². The third-order valence-electron chi connectivity index (χ3n) is 3.67. The van der Waals surface area contributed by atoms with Crippen molar-refractivity contribution in [2.45, 2.75) is 12.5 Å². The van der Waals surface area contributed by atoms with Crippen molar-refractivity contribution in [1.82, 2.24) is 4.90 Å². The van der Waals surface area contributed by atoms with Gasteiger partial charge in [0.2, 0.25) is 4.69 Å². The molecule has 0 fully saturated rings. The van der Waals surface area contributed by atoms with Crippen molar-refractivity contribution in [3.05, 3.63) is 71.3 Å². The molecular formula is C17H12BrNO3. The number of hydrogen-bond acceptors (Lipinski definition) is 3. The first-order chi connectivity index (χ1) is 10.6. The largest absolute Gasteiger partial charge is 0.284 e. The lowest BCUT2D eigenvalue weighted by Gasteiger charge is -2.23. The van der Waals surface area contributed by atoms with Crippen molar-refractivity contribution < 1.29 is 14.4 Å². The molecular weight excluding hydrogens is 346 g/mol. The fourth-order valence-corrected chi connectivity index (χ4v) is 2.97. The molecule has 2 aromatic carbocycles. The van der Waals surface area contributed by atoms with Gasteiger partial charge < -0.3 is 0 Å². The molecule has 2 amide bonds. The number of rotatable bonds is 4. The van der Waals surface area contributed by atoms with Gasteiger partial charge in [-0.1, -0.05) is 42.5 Å². The Labute approximate surface area is 135 Å². The van der Waals surface area contributed by atoms with Crippen molar-refractivity contribution >= 4 is 32.4 Å².